The Morgan fingerprint density at radius 3 is 2.82 bits per heavy atom. The van der Waals surface area contributed by atoms with Crippen LogP contribution >= 0.6 is 0 Å². The maximum atomic E-state index is 5.59. The molecule has 1 aromatic carbocycles. The number of aromatic nitrogens is 3. The van der Waals surface area contributed by atoms with Crippen LogP contribution in [0, 0.1) is 6.92 Å². The first-order valence-electron chi connectivity index (χ1n) is 7.54. The van der Waals surface area contributed by atoms with Gasteiger partial charge in [-0.15, -0.1) is 0 Å². The molecule has 0 radical (unpaired) electrons. The normalized spacial score (nSPS) is 11.2. The molecule has 3 N–H and O–H groups in total. The number of benzene rings is 1. The van der Waals surface area contributed by atoms with Gasteiger partial charge in [-0.2, -0.15) is 0 Å². The van der Waals surface area contributed by atoms with Crippen molar-refractivity contribution in [1.82, 2.24) is 19.9 Å². The van der Waals surface area contributed by atoms with Crippen molar-refractivity contribution in [2.45, 2.75) is 26.8 Å². The summed E-state index contributed by atoms with van der Waals surface area (Å²) < 4.78 is 2.27. The maximum Gasteiger partial charge on any atom is 0.111 e. The van der Waals surface area contributed by atoms with Crippen molar-refractivity contribution in [2.24, 2.45) is 5.73 Å². The van der Waals surface area contributed by atoms with Gasteiger partial charge in [0.2, 0.25) is 0 Å². The molecule has 0 fully saturated rings. The van der Waals surface area contributed by atoms with E-state index in [0.29, 0.717) is 5.82 Å². The zero-order valence-corrected chi connectivity index (χ0v) is 13.1. The predicted molar refractivity (Wildman–Crippen MR) is 90.5 cm³/mol. The van der Waals surface area contributed by atoms with Gasteiger partial charge in [0.05, 0.1) is 22.5 Å². The first kappa shape index (κ1) is 14.4. The highest BCUT2D eigenvalue weighted by Crippen LogP contribution is 2.27. The summed E-state index contributed by atoms with van der Waals surface area (Å²) in [5, 5.41) is 4.22. The molecular formula is C17H21N5. The Hall–Kier alpha value is -2.56. The van der Waals surface area contributed by atoms with Gasteiger partial charge >= 0.3 is 0 Å². The van der Waals surface area contributed by atoms with Crippen LogP contribution in [0.4, 0.5) is 0 Å². The molecular weight excluding hydrogens is 274 g/mol. The SMILES string of the molecule is C=C(N)NCCn1c(CC)nc2c(C)nc3ccccc3c21. The number of nitrogens with two attached hydrogens (primary N) is 1. The highest BCUT2D eigenvalue weighted by Gasteiger charge is 2.15. The van der Waals surface area contributed by atoms with Gasteiger partial charge in [-0.3, -0.25) is 4.98 Å². The molecule has 0 amide bonds. The van der Waals surface area contributed by atoms with E-state index < -0.39 is 0 Å². The number of aryl methyl sites for hydroxylation is 2. The highest BCUT2D eigenvalue weighted by atomic mass is 15.1. The molecule has 3 aromatic rings. The second-order valence-corrected chi connectivity index (χ2v) is 5.40. The summed E-state index contributed by atoms with van der Waals surface area (Å²) in [6.07, 6.45) is 0.881. The highest BCUT2D eigenvalue weighted by molar-refractivity contribution is 6.03. The van der Waals surface area contributed by atoms with Crippen molar-refractivity contribution in [3.8, 4) is 0 Å². The van der Waals surface area contributed by atoms with E-state index >= 15 is 0 Å². The largest absolute Gasteiger partial charge is 0.386 e. The van der Waals surface area contributed by atoms with Crippen LogP contribution in [0.5, 0.6) is 0 Å². The predicted octanol–water partition coefficient (Wildman–Crippen LogP) is 2.47. The average molecular weight is 295 g/mol. The number of para-hydroxylation sites is 1. The minimum absolute atomic E-state index is 0.491. The Balaban J connectivity index is 2.21. The lowest BCUT2D eigenvalue weighted by Gasteiger charge is -2.11. The zero-order valence-electron chi connectivity index (χ0n) is 13.1. The van der Waals surface area contributed by atoms with Gasteiger partial charge in [-0.05, 0) is 13.0 Å². The summed E-state index contributed by atoms with van der Waals surface area (Å²) >= 11 is 0. The number of pyridine rings is 1. The molecule has 0 aliphatic heterocycles. The molecule has 114 valence electrons. The number of nitrogens with one attached hydrogen (secondary N) is 1. The van der Waals surface area contributed by atoms with Gasteiger partial charge in [0.25, 0.3) is 0 Å². The average Bonchev–Trinajstić information content (AvgIpc) is 2.87. The van der Waals surface area contributed by atoms with Crippen molar-refractivity contribution in [2.75, 3.05) is 6.54 Å². The van der Waals surface area contributed by atoms with E-state index in [1.54, 1.807) is 0 Å². The minimum Gasteiger partial charge on any atom is -0.386 e. The molecule has 5 nitrogen and oxygen atoms in total. The Labute approximate surface area is 129 Å². The van der Waals surface area contributed by atoms with Crippen molar-refractivity contribution < 1.29 is 0 Å². The molecule has 0 saturated carbocycles. The quantitative estimate of drug-likeness (QED) is 0.758. The molecule has 3 rings (SSSR count). The van der Waals surface area contributed by atoms with Crippen molar-refractivity contribution in [3.63, 3.8) is 0 Å². The van der Waals surface area contributed by atoms with Gasteiger partial charge in [0, 0.05) is 24.9 Å². The summed E-state index contributed by atoms with van der Waals surface area (Å²) in [5.41, 5.74) is 9.71. The number of hydrogen-bond acceptors (Lipinski definition) is 4. The van der Waals surface area contributed by atoms with E-state index in [-0.39, 0.29) is 0 Å². The van der Waals surface area contributed by atoms with Crippen LogP contribution < -0.4 is 11.1 Å². The molecule has 0 saturated heterocycles. The van der Waals surface area contributed by atoms with Crippen molar-refractivity contribution >= 4 is 21.9 Å². The standard InChI is InChI=1S/C17H21N5/c1-4-15-21-16-11(2)20-14-8-6-5-7-13(14)17(16)22(15)10-9-19-12(3)18/h5-8,19H,3-4,9-10,18H2,1-2H3. The summed E-state index contributed by atoms with van der Waals surface area (Å²) in [5.74, 6) is 1.56. The van der Waals surface area contributed by atoms with Gasteiger partial charge in [-0.1, -0.05) is 31.7 Å². The summed E-state index contributed by atoms with van der Waals surface area (Å²) in [4.78, 5) is 9.47. The number of imidazole rings is 1. The topological polar surface area (TPSA) is 68.8 Å². The van der Waals surface area contributed by atoms with Crippen molar-refractivity contribution in [3.05, 3.63) is 48.2 Å². The van der Waals surface area contributed by atoms with Crippen LogP contribution in [0.2, 0.25) is 0 Å². The van der Waals surface area contributed by atoms with Crippen LogP contribution in [-0.2, 0) is 13.0 Å². The number of fused-ring (bicyclic) bond motifs is 3. The first-order valence-corrected chi connectivity index (χ1v) is 7.54. The van der Waals surface area contributed by atoms with E-state index in [1.807, 2.05) is 25.1 Å². The second-order valence-electron chi connectivity index (χ2n) is 5.40. The first-order chi connectivity index (χ1) is 10.6. The van der Waals surface area contributed by atoms with Crippen LogP contribution in [0.15, 0.2) is 36.7 Å². The van der Waals surface area contributed by atoms with E-state index in [0.717, 1.165) is 53.0 Å². The molecule has 0 atom stereocenters. The van der Waals surface area contributed by atoms with Crippen LogP contribution in [0.25, 0.3) is 21.9 Å². The Kier molecular flexibility index (Phi) is 3.71. The molecule has 0 spiro atoms. The third-order valence-electron chi connectivity index (χ3n) is 3.84. The Bertz CT molecular complexity index is 847. The van der Waals surface area contributed by atoms with E-state index in [1.165, 1.54) is 0 Å². The molecule has 0 unspecified atom stereocenters. The Morgan fingerprint density at radius 2 is 2.09 bits per heavy atom. The third kappa shape index (κ3) is 2.39. The van der Waals surface area contributed by atoms with Crippen LogP contribution in [-0.4, -0.2) is 21.1 Å². The lowest BCUT2D eigenvalue weighted by atomic mass is 10.1. The van der Waals surface area contributed by atoms with Gasteiger partial charge in [0.1, 0.15) is 11.3 Å². The van der Waals surface area contributed by atoms with Crippen molar-refractivity contribution in [1.29, 1.82) is 0 Å². The fourth-order valence-corrected chi connectivity index (χ4v) is 2.87. The summed E-state index contributed by atoms with van der Waals surface area (Å²) in [6, 6.07) is 8.21. The fraction of sp³-hybridized carbons (Fsp3) is 0.294. The van der Waals surface area contributed by atoms with E-state index in [4.69, 9.17) is 10.7 Å². The smallest absolute Gasteiger partial charge is 0.111 e. The molecule has 2 heterocycles. The molecule has 2 aromatic heterocycles. The second kappa shape index (κ2) is 5.67. The number of nitrogens with zero attached hydrogens (tertiary/aromatic N) is 3. The van der Waals surface area contributed by atoms with Gasteiger partial charge in [0.15, 0.2) is 0 Å². The van der Waals surface area contributed by atoms with Gasteiger partial charge in [-0.25, -0.2) is 4.98 Å². The number of hydrogen-bond donors (Lipinski definition) is 2. The molecule has 0 aliphatic rings. The summed E-state index contributed by atoms with van der Waals surface area (Å²) in [6.45, 7) is 9.34. The van der Waals surface area contributed by atoms with E-state index in [2.05, 4.69) is 34.4 Å². The minimum atomic E-state index is 0.491. The third-order valence-corrected chi connectivity index (χ3v) is 3.84. The maximum absolute atomic E-state index is 5.59. The van der Waals surface area contributed by atoms with Crippen LogP contribution in [0.3, 0.4) is 0 Å². The van der Waals surface area contributed by atoms with Crippen LogP contribution in [0.1, 0.15) is 18.4 Å². The molecule has 0 bridgehead atoms. The number of rotatable bonds is 5. The molecule has 22 heavy (non-hydrogen) atoms. The summed E-state index contributed by atoms with van der Waals surface area (Å²) in [7, 11) is 0. The fourth-order valence-electron chi connectivity index (χ4n) is 2.87. The monoisotopic (exact) mass is 295 g/mol. The molecule has 5 heteroatoms. The zero-order chi connectivity index (χ0) is 15.7. The molecule has 0 aliphatic carbocycles. The van der Waals surface area contributed by atoms with Gasteiger partial charge < -0.3 is 15.6 Å². The Morgan fingerprint density at radius 1 is 1.32 bits per heavy atom. The lowest BCUT2D eigenvalue weighted by molar-refractivity contribution is 0.632. The van der Waals surface area contributed by atoms with E-state index in [9.17, 15) is 0 Å². The lowest BCUT2D eigenvalue weighted by Crippen LogP contribution is -2.23.